The van der Waals surface area contributed by atoms with Crippen LogP contribution < -0.4 is 5.32 Å². The molecular weight excluding hydrogens is 236 g/mol. The molecule has 0 spiro atoms. The van der Waals surface area contributed by atoms with Gasteiger partial charge in [0, 0.05) is 11.6 Å². The fourth-order valence-corrected chi connectivity index (χ4v) is 2.21. The third-order valence-electron chi connectivity index (χ3n) is 2.34. The third-order valence-corrected chi connectivity index (χ3v) is 3.38. The second-order valence-electron chi connectivity index (χ2n) is 3.66. The SMILES string of the molecule is CCc1nc(CNc2cnn(CCO)c2)cs1. The number of thiazole rings is 1. The number of nitrogens with zero attached hydrogens (tertiary/aromatic N) is 3. The Labute approximate surface area is 104 Å². The van der Waals surface area contributed by atoms with Crippen molar-refractivity contribution < 1.29 is 5.11 Å². The van der Waals surface area contributed by atoms with Gasteiger partial charge < -0.3 is 10.4 Å². The Kier molecular flexibility index (Phi) is 4.11. The Morgan fingerprint density at radius 2 is 2.41 bits per heavy atom. The van der Waals surface area contributed by atoms with Gasteiger partial charge in [-0.1, -0.05) is 6.92 Å². The van der Waals surface area contributed by atoms with Gasteiger partial charge in [0.15, 0.2) is 0 Å². The molecule has 0 atom stereocenters. The molecule has 5 nitrogen and oxygen atoms in total. The topological polar surface area (TPSA) is 63.0 Å². The molecule has 2 rings (SSSR count). The minimum absolute atomic E-state index is 0.104. The number of aliphatic hydroxyl groups excluding tert-OH is 1. The first-order chi connectivity index (χ1) is 8.31. The van der Waals surface area contributed by atoms with Crippen molar-refractivity contribution in [1.82, 2.24) is 14.8 Å². The smallest absolute Gasteiger partial charge is 0.0926 e. The lowest BCUT2D eigenvalue weighted by Gasteiger charge is -1.99. The van der Waals surface area contributed by atoms with Gasteiger partial charge in [0.25, 0.3) is 0 Å². The van der Waals surface area contributed by atoms with Crippen molar-refractivity contribution in [2.75, 3.05) is 11.9 Å². The first-order valence-corrected chi connectivity index (χ1v) is 6.50. The number of aryl methyl sites for hydroxylation is 1. The lowest BCUT2D eigenvalue weighted by molar-refractivity contribution is 0.269. The summed E-state index contributed by atoms with van der Waals surface area (Å²) in [5.74, 6) is 0. The predicted molar refractivity (Wildman–Crippen MR) is 68.1 cm³/mol. The van der Waals surface area contributed by atoms with Crippen molar-refractivity contribution >= 4 is 17.0 Å². The number of anilines is 1. The maximum absolute atomic E-state index is 8.78. The maximum Gasteiger partial charge on any atom is 0.0926 e. The predicted octanol–water partition coefficient (Wildman–Crippen LogP) is 1.51. The summed E-state index contributed by atoms with van der Waals surface area (Å²) in [6.45, 7) is 3.45. The highest BCUT2D eigenvalue weighted by Crippen LogP contribution is 2.12. The van der Waals surface area contributed by atoms with Crippen LogP contribution in [-0.4, -0.2) is 26.5 Å². The zero-order valence-corrected chi connectivity index (χ0v) is 10.6. The summed E-state index contributed by atoms with van der Waals surface area (Å²) in [5.41, 5.74) is 2.01. The number of rotatable bonds is 6. The van der Waals surface area contributed by atoms with Gasteiger partial charge >= 0.3 is 0 Å². The first-order valence-electron chi connectivity index (χ1n) is 5.62. The summed E-state index contributed by atoms with van der Waals surface area (Å²) < 4.78 is 1.71. The average molecular weight is 252 g/mol. The van der Waals surface area contributed by atoms with Gasteiger partial charge in [-0.3, -0.25) is 4.68 Å². The van der Waals surface area contributed by atoms with Crippen LogP contribution in [0.1, 0.15) is 17.6 Å². The molecule has 0 bridgehead atoms. The van der Waals surface area contributed by atoms with E-state index in [1.54, 1.807) is 22.2 Å². The molecule has 0 aliphatic rings. The van der Waals surface area contributed by atoms with E-state index in [1.165, 1.54) is 0 Å². The van der Waals surface area contributed by atoms with Crippen molar-refractivity contribution in [2.24, 2.45) is 0 Å². The lowest BCUT2D eigenvalue weighted by Crippen LogP contribution is -2.02. The molecule has 2 aromatic rings. The van der Waals surface area contributed by atoms with E-state index in [1.807, 2.05) is 6.20 Å². The van der Waals surface area contributed by atoms with Gasteiger partial charge in [-0.25, -0.2) is 4.98 Å². The summed E-state index contributed by atoms with van der Waals surface area (Å²) in [4.78, 5) is 4.48. The monoisotopic (exact) mass is 252 g/mol. The minimum atomic E-state index is 0.104. The van der Waals surface area contributed by atoms with Gasteiger partial charge in [0.05, 0.1) is 42.3 Å². The van der Waals surface area contributed by atoms with Crippen LogP contribution in [0.15, 0.2) is 17.8 Å². The summed E-state index contributed by atoms with van der Waals surface area (Å²) in [7, 11) is 0. The molecule has 0 fully saturated rings. The average Bonchev–Trinajstić information content (AvgIpc) is 2.95. The van der Waals surface area contributed by atoms with Gasteiger partial charge in [0.2, 0.25) is 0 Å². The quantitative estimate of drug-likeness (QED) is 0.818. The fourth-order valence-electron chi connectivity index (χ4n) is 1.46. The van der Waals surface area contributed by atoms with E-state index in [0.717, 1.165) is 22.8 Å². The van der Waals surface area contributed by atoms with E-state index in [0.29, 0.717) is 13.1 Å². The number of hydrogen-bond acceptors (Lipinski definition) is 5. The Morgan fingerprint density at radius 1 is 1.53 bits per heavy atom. The van der Waals surface area contributed by atoms with E-state index in [9.17, 15) is 0 Å². The molecule has 0 saturated carbocycles. The second kappa shape index (κ2) is 5.79. The third kappa shape index (κ3) is 3.28. The van der Waals surface area contributed by atoms with E-state index in [-0.39, 0.29) is 6.61 Å². The van der Waals surface area contributed by atoms with Crippen LogP contribution in [0.5, 0.6) is 0 Å². The number of aromatic nitrogens is 3. The summed E-state index contributed by atoms with van der Waals surface area (Å²) in [5, 5.41) is 19.4. The molecule has 0 aliphatic carbocycles. The highest BCUT2D eigenvalue weighted by atomic mass is 32.1. The van der Waals surface area contributed by atoms with Gasteiger partial charge in [-0.2, -0.15) is 5.10 Å². The standard InChI is InChI=1S/C11H16N4OS/c1-2-11-14-10(8-17-11)5-12-9-6-13-15(7-9)3-4-16/h6-8,12,16H,2-5H2,1H3. The summed E-state index contributed by atoms with van der Waals surface area (Å²) in [6.07, 6.45) is 4.62. The Hall–Kier alpha value is -1.40. The van der Waals surface area contributed by atoms with E-state index >= 15 is 0 Å². The second-order valence-corrected chi connectivity index (χ2v) is 4.60. The molecule has 0 aromatic carbocycles. The molecule has 2 aromatic heterocycles. The summed E-state index contributed by atoms with van der Waals surface area (Å²) in [6, 6.07) is 0. The van der Waals surface area contributed by atoms with Gasteiger partial charge in [-0.05, 0) is 6.42 Å². The largest absolute Gasteiger partial charge is 0.394 e. The van der Waals surface area contributed by atoms with E-state index in [2.05, 4.69) is 27.7 Å². The molecule has 2 N–H and O–H groups in total. The summed E-state index contributed by atoms with van der Waals surface area (Å²) >= 11 is 1.69. The Morgan fingerprint density at radius 3 is 3.12 bits per heavy atom. The number of aliphatic hydroxyl groups is 1. The zero-order valence-electron chi connectivity index (χ0n) is 9.76. The van der Waals surface area contributed by atoms with Crippen LogP contribution in [0.4, 0.5) is 5.69 Å². The first kappa shape index (κ1) is 12.1. The zero-order chi connectivity index (χ0) is 12.1. The molecule has 2 heterocycles. The molecular formula is C11H16N4OS. The van der Waals surface area contributed by atoms with Crippen LogP contribution in [0.3, 0.4) is 0 Å². The Bertz CT molecular complexity index is 465. The van der Waals surface area contributed by atoms with Crippen LogP contribution >= 0.6 is 11.3 Å². The van der Waals surface area contributed by atoms with Crippen LogP contribution in [0.2, 0.25) is 0 Å². The van der Waals surface area contributed by atoms with Crippen LogP contribution in [-0.2, 0) is 19.5 Å². The van der Waals surface area contributed by atoms with Crippen molar-refractivity contribution in [3.63, 3.8) is 0 Å². The highest BCUT2D eigenvalue weighted by molar-refractivity contribution is 7.09. The molecule has 17 heavy (non-hydrogen) atoms. The van der Waals surface area contributed by atoms with Gasteiger partial charge in [-0.15, -0.1) is 11.3 Å². The van der Waals surface area contributed by atoms with Crippen molar-refractivity contribution in [3.05, 3.63) is 28.5 Å². The molecule has 92 valence electrons. The maximum atomic E-state index is 8.78. The molecule has 0 unspecified atom stereocenters. The van der Waals surface area contributed by atoms with Gasteiger partial charge in [0.1, 0.15) is 0 Å². The highest BCUT2D eigenvalue weighted by Gasteiger charge is 2.01. The van der Waals surface area contributed by atoms with Crippen molar-refractivity contribution in [2.45, 2.75) is 26.4 Å². The molecule has 0 radical (unpaired) electrons. The lowest BCUT2D eigenvalue weighted by atomic mass is 10.4. The number of nitrogens with one attached hydrogen (secondary N) is 1. The van der Waals surface area contributed by atoms with E-state index in [4.69, 9.17) is 5.11 Å². The van der Waals surface area contributed by atoms with E-state index < -0.39 is 0 Å². The molecule has 0 aliphatic heterocycles. The minimum Gasteiger partial charge on any atom is -0.394 e. The normalized spacial score (nSPS) is 10.7. The fraction of sp³-hybridized carbons (Fsp3) is 0.455. The molecule has 0 saturated heterocycles. The van der Waals surface area contributed by atoms with Crippen molar-refractivity contribution in [1.29, 1.82) is 0 Å². The van der Waals surface area contributed by atoms with Crippen LogP contribution in [0, 0.1) is 0 Å². The Balaban J connectivity index is 1.88. The number of hydrogen-bond donors (Lipinski definition) is 2. The molecule has 0 amide bonds. The van der Waals surface area contributed by atoms with Crippen LogP contribution in [0.25, 0.3) is 0 Å². The van der Waals surface area contributed by atoms with Crippen molar-refractivity contribution in [3.8, 4) is 0 Å². The molecule has 6 heteroatoms.